The van der Waals surface area contributed by atoms with Gasteiger partial charge in [-0.15, -0.1) is 25.3 Å². The average Bonchev–Trinajstić information content (AvgIpc) is 2.82. The summed E-state index contributed by atoms with van der Waals surface area (Å²) in [6, 6.07) is 18.1. The first-order valence-electron chi connectivity index (χ1n) is 8.35. The molecular formula is C20H23BO2S2. The minimum Gasteiger partial charge on any atom is -0.399 e. The van der Waals surface area contributed by atoms with Crippen LogP contribution < -0.4 is 5.46 Å². The Morgan fingerprint density at radius 3 is 1.64 bits per heavy atom. The molecule has 5 heteroatoms. The molecule has 2 nitrogen and oxygen atoms in total. The van der Waals surface area contributed by atoms with Crippen LogP contribution in [0.25, 0.3) is 9.81 Å². The molecule has 0 unspecified atom stereocenters. The Morgan fingerprint density at radius 2 is 1.16 bits per heavy atom. The zero-order valence-corrected chi connectivity index (χ0v) is 16.8. The molecule has 1 heterocycles. The maximum atomic E-state index is 6.10. The molecule has 0 N–H and O–H groups in total. The lowest BCUT2D eigenvalue weighted by molar-refractivity contribution is 0.00578. The van der Waals surface area contributed by atoms with Crippen molar-refractivity contribution in [2.24, 2.45) is 0 Å². The molecular weight excluding hydrogens is 347 g/mol. The summed E-state index contributed by atoms with van der Waals surface area (Å²) < 4.78 is 12.2. The van der Waals surface area contributed by atoms with Gasteiger partial charge in [-0.1, -0.05) is 54.6 Å². The maximum Gasteiger partial charge on any atom is 0.494 e. The van der Waals surface area contributed by atoms with Crippen LogP contribution in [0.5, 0.6) is 0 Å². The summed E-state index contributed by atoms with van der Waals surface area (Å²) in [5.41, 5.74) is 2.39. The van der Waals surface area contributed by atoms with Gasteiger partial charge in [-0.05, 0) is 44.3 Å². The van der Waals surface area contributed by atoms with Crippen LogP contribution in [-0.4, -0.2) is 18.3 Å². The highest BCUT2D eigenvalue weighted by Crippen LogP contribution is 2.37. The molecule has 1 aliphatic heterocycles. The standard InChI is InChI=1S/C20H23BO2S2/c1-19(2)20(3,4)23-21(22-19)16-12-10-15(11-13-16)18(25)17(24)14-8-6-5-7-9-14/h5-13,24-25H,1-4H3/b18-17-. The molecule has 2 aromatic rings. The van der Waals surface area contributed by atoms with Gasteiger partial charge in [0.15, 0.2) is 0 Å². The van der Waals surface area contributed by atoms with E-state index in [-0.39, 0.29) is 18.3 Å². The molecule has 1 aliphatic rings. The first-order valence-corrected chi connectivity index (χ1v) is 9.24. The molecule has 3 rings (SSSR count). The van der Waals surface area contributed by atoms with E-state index in [0.29, 0.717) is 0 Å². The molecule has 2 aromatic carbocycles. The second kappa shape index (κ2) is 6.88. The van der Waals surface area contributed by atoms with E-state index in [1.54, 1.807) is 0 Å². The second-order valence-corrected chi connectivity index (χ2v) is 8.17. The minimum atomic E-state index is -0.351. The molecule has 0 radical (unpaired) electrons. The Balaban J connectivity index is 1.84. The summed E-state index contributed by atoms with van der Waals surface area (Å²) >= 11 is 9.30. The van der Waals surface area contributed by atoms with Gasteiger partial charge in [-0.3, -0.25) is 0 Å². The van der Waals surface area contributed by atoms with Gasteiger partial charge in [-0.25, -0.2) is 0 Å². The van der Waals surface area contributed by atoms with Gasteiger partial charge in [0.25, 0.3) is 0 Å². The molecule has 25 heavy (non-hydrogen) atoms. The van der Waals surface area contributed by atoms with Crippen molar-refractivity contribution in [2.45, 2.75) is 38.9 Å². The van der Waals surface area contributed by atoms with Crippen molar-refractivity contribution >= 4 is 47.6 Å². The van der Waals surface area contributed by atoms with Crippen molar-refractivity contribution in [1.82, 2.24) is 0 Å². The number of rotatable bonds is 3. The van der Waals surface area contributed by atoms with Crippen molar-refractivity contribution in [2.75, 3.05) is 0 Å². The Bertz CT molecular complexity index is 767. The quantitative estimate of drug-likeness (QED) is 0.465. The Labute approximate surface area is 161 Å². The molecule has 1 fully saturated rings. The van der Waals surface area contributed by atoms with Gasteiger partial charge in [0.05, 0.1) is 11.2 Å². The summed E-state index contributed by atoms with van der Waals surface area (Å²) in [5, 5.41) is 0. The third kappa shape index (κ3) is 3.70. The average molecular weight is 370 g/mol. The van der Waals surface area contributed by atoms with E-state index in [9.17, 15) is 0 Å². The Morgan fingerprint density at radius 1 is 0.720 bits per heavy atom. The zero-order valence-electron chi connectivity index (χ0n) is 15.0. The van der Waals surface area contributed by atoms with Crippen LogP contribution in [0.4, 0.5) is 0 Å². The van der Waals surface area contributed by atoms with Crippen LogP contribution in [0.1, 0.15) is 38.8 Å². The summed E-state index contributed by atoms with van der Waals surface area (Å²) in [4.78, 5) is 1.70. The van der Waals surface area contributed by atoms with Crippen LogP contribution in [-0.2, 0) is 9.31 Å². The van der Waals surface area contributed by atoms with Gasteiger partial charge < -0.3 is 9.31 Å². The van der Waals surface area contributed by atoms with E-state index in [4.69, 9.17) is 9.31 Å². The molecule has 0 amide bonds. The number of hydrogen-bond acceptors (Lipinski definition) is 4. The third-order valence-electron chi connectivity index (χ3n) is 4.98. The van der Waals surface area contributed by atoms with Crippen molar-refractivity contribution in [3.8, 4) is 0 Å². The van der Waals surface area contributed by atoms with E-state index in [2.05, 4.69) is 53.0 Å². The molecule has 0 saturated carbocycles. The van der Waals surface area contributed by atoms with Gasteiger partial charge in [-0.2, -0.15) is 0 Å². The largest absolute Gasteiger partial charge is 0.494 e. The molecule has 0 spiro atoms. The Hall–Kier alpha value is -1.14. The van der Waals surface area contributed by atoms with Crippen molar-refractivity contribution < 1.29 is 9.31 Å². The summed E-state index contributed by atoms with van der Waals surface area (Å²) in [7, 11) is -0.351. The molecule has 0 aliphatic carbocycles. The lowest BCUT2D eigenvalue weighted by atomic mass is 9.79. The normalized spacial score (nSPS) is 19.7. The van der Waals surface area contributed by atoms with Crippen LogP contribution in [0.15, 0.2) is 54.6 Å². The first kappa shape index (κ1) is 18.6. The Kier molecular flexibility index (Phi) is 5.13. The highest BCUT2D eigenvalue weighted by atomic mass is 32.1. The summed E-state index contributed by atoms with van der Waals surface area (Å²) in [6.07, 6.45) is 0. The number of benzene rings is 2. The maximum absolute atomic E-state index is 6.10. The van der Waals surface area contributed by atoms with E-state index < -0.39 is 0 Å². The van der Waals surface area contributed by atoms with Crippen molar-refractivity contribution in [3.63, 3.8) is 0 Å². The van der Waals surface area contributed by atoms with Crippen LogP contribution in [0.2, 0.25) is 0 Å². The monoisotopic (exact) mass is 370 g/mol. The van der Waals surface area contributed by atoms with Crippen LogP contribution in [0.3, 0.4) is 0 Å². The van der Waals surface area contributed by atoms with E-state index in [1.807, 2.05) is 54.6 Å². The summed E-state index contributed by atoms with van der Waals surface area (Å²) in [5.74, 6) is 0. The highest BCUT2D eigenvalue weighted by molar-refractivity contribution is 7.96. The third-order valence-corrected chi connectivity index (χ3v) is 6.12. The van der Waals surface area contributed by atoms with Gasteiger partial charge in [0.1, 0.15) is 0 Å². The number of thiol groups is 2. The predicted octanol–water partition coefficient (Wildman–Crippen LogP) is 4.67. The van der Waals surface area contributed by atoms with Gasteiger partial charge >= 0.3 is 7.12 Å². The zero-order chi connectivity index (χ0) is 18.2. The highest BCUT2D eigenvalue weighted by Gasteiger charge is 2.51. The van der Waals surface area contributed by atoms with Gasteiger partial charge in [0, 0.05) is 9.81 Å². The number of hydrogen-bond donors (Lipinski definition) is 2. The molecule has 0 bridgehead atoms. The molecule has 1 saturated heterocycles. The topological polar surface area (TPSA) is 18.5 Å². The molecule has 0 aromatic heterocycles. The minimum absolute atomic E-state index is 0.337. The van der Waals surface area contributed by atoms with Crippen LogP contribution >= 0.6 is 25.3 Å². The fourth-order valence-corrected chi connectivity index (χ4v) is 3.20. The smallest absolute Gasteiger partial charge is 0.399 e. The van der Waals surface area contributed by atoms with Crippen LogP contribution in [0, 0.1) is 0 Å². The lowest BCUT2D eigenvalue weighted by Crippen LogP contribution is -2.41. The lowest BCUT2D eigenvalue weighted by Gasteiger charge is -2.32. The van der Waals surface area contributed by atoms with Crippen molar-refractivity contribution in [3.05, 3.63) is 65.7 Å². The molecule has 130 valence electrons. The first-order chi connectivity index (χ1) is 11.7. The van der Waals surface area contributed by atoms with E-state index in [1.165, 1.54) is 0 Å². The second-order valence-electron chi connectivity index (χ2n) is 7.27. The van der Waals surface area contributed by atoms with Gasteiger partial charge in [0.2, 0.25) is 0 Å². The van der Waals surface area contributed by atoms with E-state index >= 15 is 0 Å². The molecule has 0 atom stereocenters. The fourth-order valence-electron chi connectivity index (χ4n) is 2.65. The predicted molar refractivity (Wildman–Crippen MR) is 113 cm³/mol. The van der Waals surface area contributed by atoms with E-state index in [0.717, 1.165) is 26.4 Å². The fraction of sp³-hybridized carbons (Fsp3) is 0.300. The van der Waals surface area contributed by atoms with Crippen molar-refractivity contribution in [1.29, 1.82) is 0 Å². The summed E-state index contributed by atoms with van der Waals surface area (Å²) in [6.45, 7) is 8.23. The SMILES string of the molecule is CC1(C)OB(c2ccc(/C(S)=C(/S)c3ccccc3)cc2)OC1(C)C.